The SMILES string of the molecule is COc1ccc2[nH]nc(C(=O)Nc3ccc(CN4CCCCCC4)cc3)c2c1. The molecule has 0 bridgehead atoms. The number of rotatable bonds is 5. The molecule has 28 heavy (non-hydrogen) atoms. The number of carbonyl (C=O) groups excluding carboxylic acids is 1. The summed E-state index contributed by atoms with van der Waals surface area (Å²) < 4.78 is 5.25. The summed E-state index contributed by atoms with van der Waals surface area (Å²) in [4.78, 5) is 15.2. The van der Waals surface area contributed by atoms with Crippen LogP contribution in [-0.2, 0) is 6.54 Å². The van der Waals surface area contributed by atoms with Crippen LogP contribution in [0.4, 0.5) is 5.69 Å². The van der Waals surface area contributed by atoms with Crippen molar-refractivity contribution in [1.29, 1.82) is 0 Å². The van der Waals surface area contributed by atoms with Crippen LogP contribution in [0.25, 0.3) is 10.9 Å². The highest BCUT2D eigenvalue weighted by molar-refractivity contribution is 6.11. The van der Waals surface area contributed by atoms with Gasteiger partial charge in [0.25, 0.3) is 5.91 Å². The highest BCUT2D eigenvalue weighted by Gasteiger charge is 2.15. The molecule has 1 aromatic heterocycles. The third-order valence-electron chi connectivity index (χ3n) is 5.30. The minimum atomic E-state index is -0.236. The number of aromatic nitrogens is 2. The zero-order valence-electron chi connectivity index (χ0n) is 16.2. The van der Waals surface area contributed by atoms with E-state index in [9.17, 15) is 4.79 Å². The fourth-order valence-electron chi connectivity index (χ4n) is 3.73. The Balaban J connectivity index is 1.43. The van der Waals surface area contributed by atoms with E-state index in [0.717, 1.165) is 23.1 Å². The molecule has 1 saturated heterocycles. The van der Waals surface area contributed by atoms with Gasteiger partial charge in [0.2, 0.25) is 0 Å². The summed E-state index contributed by atoms with van der Waals surface area (Å²) in [5.74, 6) is 0.459. The predicted octanol–water partition coefficient (Wildman–Crippen LogP) is 4.20. The van der Waals surface area contributed by atoms with Gasteiger partial charge in [-0.3, -0.25) is 14.8 Å². The molecule has 2 N–H and O–H groups in total. The van der Waals surface area contributed by atoms with Gasteiger partial charge in [-0.2, -0.15) is 5.10 Å². The van der Waals surface area contributed by atoms with Gasteiger partial charge in [0, 0.05) is 17.6 Å². The summed E-state index contributed by atoms with van der Waals surface area (Å²) in [6.07, 6.45) is 5.26. The molecule has 6 heteroatoms. The smallest absolute Gasteiger partial charge is 0.276 e. The van der Waals surface area contributed by atoms with Crippen LogP contribution in [0.2, 0.25) is 0 Å². The van der Waals surface area contributed by atoms with Crippen molar-refractivity contribution in [2.24, 2.45) is 0 Å². The molecular weight excluding hydrogens is 352 g/mol. The molecule has 1 aliphatic heterocycles. The number of anilines is 1. The molecule has 6 nitrogen and oxygen atoms in total. The van der Waals surface area contributed by atoms with E-state index < -0.39 is 0 Å². The van der Waals surface area contributed by atoms with Gasteiger partial charge in [-0.1, -0.05) is 25.0 Å². The highest BCUT2D eigenvalue weighted by Crippen LogP contribution is 2.23. The molecule has 2 aromatic carbocycles. The normalized spacial score (nSPS) is 15.3. The molecule has 1 fully saturated rings. The molecule has 0 aliphatic carbocycles. The maximum atomic E-state index is 12.7. The van der Waals surface area contributed by atoms with Crippen LogP contribution in [0, 0.1) is 0 Å². The zero-order valence-corrected chi connectivity index (χ0v) is 16.2. The lowest BCUT2D eigenvalue weighted by Crippen LogP contribution is -2.23. The molecular formula is C22H26N4O2. The number of likely N-dealkylation sites (tertiary alicyclic amines) is 1. The largest absolute Gasteiger partial charge is 0.497 e. The van der Waals surface area contributed by atoms with Gasteiger partial charge < -0.3 is 10.1 Å². The Morgan fingerprint density at radius 1 is 1.11 bits per heavy atom. The number of hydrogen-bond acceptors (Lipinski definition) is 4. The van der Waals surface area contributed by atoms with Crippen LogP contribution < -0.4 is 10.1 Å². The van der Waals surface area contributed by atoms with Crippen LogP contribution in [0.15, 0.2) is 42.5 Å². The number of amides is 1. The topological polar surface area (TPSA) is 70.2 Å². The van der Waals surface area contributed by atoms with Gasteiger partial charge >= 0.3 is 0 Å². The molecule has 0 spiro atoms. The Bertz CT molecular complexity index is 941. The molecule has 4 rings (SSSR count). The van der Waals surface area contributed by atoms with Crippen molar-refractivity contribution >= 4 is 22.5 Å². The molecule has 3 aromatic rings. The second kappa shape index (κ2) is 8.44. The summed E-state index contributed by atoms with van der Waals surface area (Å²) in [5, 5.41) is 10.7. The van der Waals surface area contributed by atoms with Crippen LogP contribution >= 0.6 is 0 Å². The molecule has 0 atom stereocenters. The highest BCUT2D eigenvalue weighted by atomic mass is 16.5. The van der Waals surface area contributed by atoms with Crippen molar-refractivity contribution in [3.63, 3.8) is 0 Å². The number of H-pyrrole nitrogens is 1. The fourth-order valence-corrected chi connectivity index (χ4v) is 3.73. The number of carbonyl (C=O) groups is 1. The first kappa shape index (κ1) is 18.5. The van der Waals surface area contributed by atoms with Gasteiger partial charge in [-0.25, -0.2) is 0 Å². The van der Waals surface area contributed by atoms with Crippen molar-refractivity contribution in [2.75, 3.05) is 25.5 Å². The lowest BCUT2D eigenvalue weighted by molar-refractivity contribution is 0.102. The molecule has 0 radical (unpaired) electrons. The summed E-state index contributed by atoms with van der Waals surface area (Å²) in [6, 6.07) is 13.6. The minimum absolute atomic E-state index is 0.236. The molecule has 1 amide bonds. The van der Waals surface area contributed by atoms with Gasteiger partial charge in [-0.15, -0.1) is 0 Å². The molecule has 1 aliphatic rings. The zero-order chi connectivity index (χ0) is 19.3. The van der Waals surface area contributed by atoms with Gasteiger partial charge in [-0.05, 0) is 61.8 Å². The average molecular weight is 378 g/mol. The number of hydrogen-bond donors (Lipinski definition) is 2. The fraction of sp³-hybridized carbons (Fsp3) is 0.364. The van der Waals surface area contributed by atoms with E-state index in [-0.39, 0.29) is 5.91 Å². The van der Waals surface area contributed by atoms with Crippen molar-refractivity contribution < 1.29 is 9.53 Å². The van der Waals surface area contributed by atoms with E-state index in [4.69, 9.17) is 4.74 Å². The molecule has 146 valence electrons. The van der Waals surface area contributed by atoms with E-state index in [0.29, 0.717) is 11.4 Å². The van der Waals surface area contributed by atoms with Crippen LogP contribution in [0.3, 0.4) is 0 Å². The minimum Gasteiger partial charge on any atom is -0.497 e. The monoisotopic (exact) mass is 378 g/mol. The quantitative estimate of drug-likeness (QED) is 0.698. The number of nitrogens with zero attached hydrogens (tertiary/aromatic N) is 2. The maximum Gasteiger partial charge on any atom is 0.276 e. The number of aromatic amines is 1. The molecule has 2 heterocycles. The second-order valence-electron chi connectivity index (χ2n) is 7.33. The number of ether oxygens (including phenoxy) is 1. The van der Waals surface area contributed by atoms with E-state index in [2.05, 4.69) is 32.5 Å². The number of fused-ring (bicyclic) bond motifs is 1. The predicted molar refractivity (Wildman–Crippen MR) is 111 cm³/mol. The van der Waals surface area contributed by atoms with Crippen LogP contribution in [0.1, 0.15) is 41.7 Å². The Labute approximate surface area is 164 Å². The number of methoxy groups -OCH3 is 1. The van der Waals surface area contributed by atoms with E-state index >= 15 is 0 Å². The van der Waals surface area contributed by atoms with Crippen molar-refractivity contribution in [3.05, 3.63) is 53.7 Å². The summed E-state index contributed by atoms with van der Waals surface area (Å²) in [5.41, 5.74) is 3.21. The first-order valence-corrected chi connectivity index (χ1v) is 9.88. The second-order valence-corrected chi connectivity index (χ2v) is 7.33. The van der Waals surface area contributed by atoms with E-state index in [1.807, 2.05) is 30.3 Å². The lowest BCUT2D eigenvalue weighted by Gasteiger charge is -2.19. The Kier molecular flexibility index (Phi) is 5.58. The first-order chi connectivity index (χ1) is 13.7. The van der Waals surface area contributed by atoms with Crippen molar-refractivity contribution in [1.82, 2.24) is 15.1 Å². The number of nitrogens with one attached hydrogen (secondary N) is 2. The summed E-state index contributed by atoms with van der Waals surface area (Å²) in [7, 11) is 1.61. The molecule has 0 saturated carbocycles. The first-order valence-electron chi connectivity index (χ1n) is 9.88. The Hall–Kier alpha value is -2.86. The van der Waals surface area contributed by atoms with Gasteiger partial charge in [0.15, 0.2) is 5.69 Å². The third kappa shape index (κ3) is 4.17. The van der Waals surface area contributed by atoms with E-state index in [1.165, 1.54) is 44.3 Å². The summed E-state index contributed by atoms with van der Waals surface area (Å²) in [6.45, 7) is 3.32. The standard InChI is InChI=1S/C22H26N4O2/c1-28-18-10-11-20-19(14-18)21(25-24-20)22(27)23-17-8-6-16(7-9-17)15-26-12-4-2-3-5-13-26/h6-11,14H,2-5,12-13,15H2,1H3,(H,23,27)(H,24,25). The average Bonchev–Trinajstić information content (AvgIpc) is 2.98. The van der Waals surface area contributed by atoms with E-state index in [1.54, 1.807) is 7.11 Å². The van der Waals surface area contributed by atoms with Crippen LogP contribution in [0.5, 0.6) is 5.75 Å². The van der Waals surface area contributed by atoms with Gasteiger partial charge in [0.1, 0.15) is 5.75 Å². The lowest BCUT2D eigenvalue weighted by atomic mass is 10.1. The van der Waals surface area contributed by atoms with Crippen LogP contribution in [-0.4, -0.2) is 41.2 Å². The summed E-state index contributed by atoms with van der Waals surface area (Å²) >= 11 is 0. The Morgan fingerprint density at radius 2 is 1.86 bits per heavy atom. The third-order valence-corrected chi connectivity index (χ3v) is 5.30. The maximum absolute atomic E-state index is 12.7. The van der Waals surface area contributed by atoms with Crippen molar-refractivity contribution in [2.45, 2.75) is 32.2 Å². The van der Waals surface area contributed by atoms with Gasteiger partial charge in [0.05, 0.1) is 12.6 Å². The Morgan fingerprint density at radius 3 is 2.57 bits per heavy atom. The van der Waals surface area contributed by atoms with Crippen molar-refractivity contribution in [3.8, 4) is 5.75 Å². The molecule has 0 unspecified atom stereocenters. The number of benzene rings is 2.